The number of rotatable bonds is 4. The summed E-state index contributed by atoms with van der Waals surface area (Å²) < 4.78 is 6.02. The van der Waals surface area contributed by atoms with Gasteiger partial charge in [-0.2, -0.15) is 0 Å². The van der Waals surface area contributed by atoms with Crippen LogP contribution in [-0.4, -0.2) is 19.8 Å². The molecular formula is C16H16N4OS. The molecule has 0 aliphatic carbocycles. The number of carbonyl (C=O) groups is 1. The number of carbonyl (C=O) groups excluding carboxylic acids is 1. The van der Waals surface area contributed by atoms with E-state index in [9.17, 15) is 4.79 Å². The molecule has 0 fully saturated rings. The van der Waals surface area contributed by atoms with Gasteiger partial charge in [0.25, 0.3) is 0 Å². The second kappa shape index (κ2) is 6.11. The third kappa shape index (κ3) is 3.07. The van der Waals surface area contributed by atoms with E-state index in [0.29, 0.717) is 6.42 Å². The van der Waals surface area contributed by atoms with Gasteiger partial charge in [-0.05, 0) is 55.2 Å². The molecule has 6 heteroatoms. The second-order valence-electron chi connectivity index (χ2n) is 5.09. The van der Waals surface area contributed by atoms with Gasteiger partial charge in [-0.25, -0.2) is 9.36 Å². The predicted octanol–water partition coefficient (Wildman–Crippen LogP) is 3.13. The molecule has 0 atom stereocenters. The quantitative estimate of drug-likeness (QED) is 0.805. The minimum Gasteiger partial charge on any atom is -0.326 e. The average Bonchev–Trinajstić information content (AvgIpc) is 3.12. The summed E-state index contributed by atoms with van der Waals surface area (Å²) in [6.45, 7) is 4.02. The monoisotopic (exact) mass is 312 g/mol. The Morgan fingerprint density at radius 1 is 1.27 bits per heavy atom. The number of benzene rings is 1. The molecule has 0 spiro atoms. The van der Waals surface area contributed by atoms with Crippen LogP contribution in [0.2, 0.25) is 0 Å². The van der Waals surface area contributed by atoms with Crippen LogP contribution in [0, 0.1) is 13.8 Å². The van der Waals surface area contributed by atoms with Crippen molar-refractivity contribution in [3.63, 3.8) is 0 Å². The molecule has 0 radical (unpaired) electrons. The molecule has 0 aliphatic rings. The Balaban J connectivity index is 1.69. The average molecular weight is 312 g/mol. The van der Waals surface area contributed by atoms with Crippen LogP contribution in [0.15, 0.2) is 42.2 Å². The van der Waals surface area contributed by atoms with E-state index in [4.69, 9.17) is 0 Å². The zero-order valence-electron chi connectivity index (χ0n) is 12.4. The lowest BCUT2D eigenvalue weighted by molar-refractivity contribution is -0.115. The first-order chi connectivity index (χ1) is 10.6. The van der Waals surface area contributed by atoms with E-state index in [2.05, 4.69) is 14.7 Å². The summed E-state index contributed by atoms with van der Waals surface area (Å²) in [5.41, 5.74) is 4.87. The lowest BCUT2D eigenvalue weighted by Crippen LogP contribution is -2.14. The van der Waals surface area contributed by atoms with Crippen LogP contribution in [0.5, 0.6) is 0 Å². The topological polar surface area (TPSA) is 59.8 Å². The molecular weight excluding hydrogens is 296 g/mol. The summed E-state index contributed by atoms with van der Waals surface area (Å²) in [7, 11) is 0. The summed E-state index contributed by atoms with van der Waals surface area (Å²) in [5, 5.41) is 4.77. The molecule has 22 heavy (non-hydrogen) atoms. The second-order valence-corrected chi connectivity index (χ2v) is 5.75. The van der Waals surface area contributed by atoms with Crippen molar-refractivity contribution < 1.29 is 4.79 Å². The smallest absolute Gasteiger partial charge is 0.228 e. The predicted molar refractivity (Wildman–Crippen MR) is 87.5 cm³/mol. The molecule has 1 N–H and O–H groups in total. The van der Waals surface area contributed by atoms with Gasteiger partial charge in [0, 0.05) is 28.6 Å². The van der Waals surface area contributed by atoms with E-state index in [1.54, 1.807) is 6.20 Å². The van der Waals surface area contributed by atoms with Crippen LogP contribution < -0.4 is 5.32 Å². The largest absolute Gasteiger partial charge is 0.326 e. The van der Waals surface area contributed by atoms with Gasteiger partial charge >= 0.3 is 0 Å². The zero-order valence-corrected chi connectivity index (χ0v) is 13.2. The van der Waals surface area contributed by atoms with Crippen molar-refractivity contribution in [1.82, 2.24) is 13.9 Å². The van der Waals surface area contributed by atoms with Crippen molar-refractivity contribution in [2.45, 2.75) is 20.3 Å². The van der Waals surface area contributed by atoms with E-state index in [-0.39, 0.29) is 5.91 Å². The van der Waals surface area contributed by atoms with Crippen molar-refractivity contribution >= 4 is 23.1 Å². The van der Waals surface area contributed by atoms with Gasteiger partial charge in [-0.1, -0.05) is 0 Å². The molecule has 2 heterocycles. The molecule has 0 unspecified atom stereocenters. The number of imidazole rings is 1. The molecule has 1 aromatic carbocycles. The van der Waals surface area contributed by atoms with E-state index in [0.717, 1.165) is 28.3 Å². The highest BCUT2D eigenvalue weighted by Crippen LogP contribution is 2.17. The molecule has 3 aromatic rings. The summed E-state index contributed by atoms with van der Waals surface area (Å²) in [6.07, 6.45) is 3.87. The van der Waals surface area contributed by atoms with Crippen LogP contribution in [0.3, 0.4) is 0 Å². The number of hydrogen-bond donors (Lipinski definition) is 1. The van der Waals surface area contributed by atoms with Crippen LogP contribution in [-0.2, 0) is 11.2 Å². The normalized spacial score (nSPS) is 10.6. The Bertz CT molecular complexity index is 775. The van der Waals surface area contributed by atoms with Crippen LogP contribution in [0.25, 0.3) is 5.69 Å². The van der Waals surface area contributed by atoms with E-state index >= 15 is 0 Å². The minimum atomic E-state index is -0.0393. The number of aromatic nitrogens is 3. The maximum absolute atomic E-state index is 11.9. The Morgan fingerprint density at radius 2 is 2.05 bits per heavy atom. The summed E-state index contributed by atoms with van der Waals surface area (Å²) >= 11 is 1.35. The molecule has 5 nitrogen and oxygen atoms in total. The number of hydrogen-bond acceptors (Lipinski definition) is 4. The fraction of sp³-hybridized carbons (Fsp3) is 0.188. The third-order valence-corrected chi connectivity index (χ3v) is 4.16. The maximum atomic E-state index is 11.9. The summed E-state index contributed by atoms with van der Waals surface area (Å²) in [5.74, 6) is -0.0393. The number of nitrogens with zero attached hydrogens (tertiary/aromatic N) is 3. The highest BCUT2D eigenvalue weighted by atomic mass is 32.1. The molecule has 0 aliphatic heterocycles. The van der Waals surface area contributed by atoms with Crippen molar-refractivity contribution in [2.75, 3.05) is 5.32 Å². The summed E-state index contributed by atoms with van der Waals surface area (Å²) in [4.78, 5) is 16.2. The van der Waals surface area contributed by atoms with Gasteiger partial charge < -0.3 is 9.88 Å². The minimum absolute atomic E-state index is 0.0393. The highest BCUT2D eigenvalue weighted by Gasteiger charge is 2.07. The van der Waals surface area contributed by atoms with Gasteiger partial charge in [-0.3, -0.25) is 4.79 Å². The molecule has 112 valence electrons. The van der Waals surface area contributed by atoms with Gasteiger partial charge in [-0.15, -0.1) is 0 Å². The zero-order chi connectivity index (χ0) is 15.5. The van der Waals surface area contributed by atoms with E-state index in [1.807, 2.05) is 54.4 Å². The third-order valence-electron chi connectivity index (χ3n) is 3.53. The Kier molecular flexibility index (Phi) is 4.02. The molecule has 0 saturated carbocycles. The van der Waals surface area contributed by atoms with Gasteiger partial charge in [0.15, 0.2) is 0 Å². The number of amides is 1. The lowest BCUT2D eigenvalue weighted by atomic mass is 10.2. The van der Waals surface area contributed by atoms with E-state index in [1.165, 1.54) is 11.5 Å². The number of nitrogens with one attached hydrogen (secondary N) is 1. The Morgan fingerprint density at radius 3 is 2.64 bits per heavy atom. The fourth-order valence-electron chi connectivity index (χ4n) is 2.17. The van der Waals surface area contributed by atoms with Gasteiger partial charge in [0.05, 0.1) is 18.4 Å². The van der Waals surface area contributed by atoms with Crippen LogP contribution in [0.4, 0.5) is 5.69 Å². The standard InChI is InChI=1S/C16H16N4OS/c1-11-12(2)20(10-17-11)15-5-3-14(4-6-15)19-16(21)7-13-8-18-22-9-13/h3-6,8-10H,7H2,1-2H3,(H,19,21). The first-order valence-corrected chi connectivity index (χ1v) is 7.76. The summed E-state index contributed by atoms with van der Waals surface area (Å²) in [6, 6.07) is 7.73. The van der Waals surface area contributed by atoms with Crippen LogP contribution in [0.1, 0.15) is 17.0 Å². The van der Waals surface area contributed by atoms with Gasteiger partial charge in [0.2, 0.25) is 5.91 Å². The van der Waals surface area contributed by atoms with E-state index < -0.39 is 0 Å². The maximum Gasteiger partial charge on any atom is 0.228 e. The highest BCUT2D eigenvalue weighted by molar-refractivity contribution is 7.03. The van der Waals surface area contributed by atoms with Crippen molar-refractivity contribution in [3.8, 4) is 5.69 Å². The van der Waals surface area contributed by atoms with Crippen LogP contribution >= 0.6 is 11.5 Å². The molecule has 3 rings (SSSR count). The van der Waals surface area contributed by atoms with Gasteiger partial charge in [0.1, 0.15) is 0 Å². The SMILES string of the molecule is Cc1ncn(-c2ccc(NC(=O)Cc3cnsc3)cc2)c1C. The molecule has 0 bridgehead atoms. The van der Waals surface area contributed by atoms with Crippen molar-refractivity contribution in [1.29, 1.82) is 0 Å². The molecule has 0 saturated heterocycles. The lowest BCUT2D eigenvalue weighted by Gasteiger charge is -2.08. The number of anilines is 1. The molecule has 1 amide bonds. The fourth-order valence-corrected chi connectivity index (χ4v) is 2.71. The Hall–Kier alpha value is -2.47. The first-order valence-electron chi connectivity index (χ1n) is 6.92. The Labute approximate surface area is 132 Å². The van der Waals surface area contributed by atoms with Crippen molar-refractivity contribution in [2.24, 2.45) is 0 Å². The first kappa shape index (κ1) is 14.5. The molecule has 2 aromatic heterocycles. The van der Waals surface area contributed by atoms with Crippen molar-refractivity contribution in [3.05, 3.63) is 59.1 Å². The number of aryl methyl sites for hydroxylation is 1.